The minimum absolute atomic E-state index is 0.101. The van der Waals surface area contributed by atoms with Crippen molar-refractivity contribution in [2.24, 2.45) is 5.73 Å². The van der Waals surface area contributed by atoms with Gasteiger partial charge in [-0.05, 0) is 90.5 Å². The molecule has 4 N–H and O–H groups in total. The van der Waals surface area contributed by atoms with E-state index >= 15 is 0 Å². The SMILES string of the molecule is CCCCCCCCN(C(=O)C(CCC(N)=O)NC(=O)OC(C)(C)C)C(C(=O)NC(Cc1ccccc1)C(=O)OC(C)(C)C)c1cccc(C)c1C. The Bertz CT molecular complexity index is 1480. The number of benzene rings is 2. The summed E-state index contributed by atoms with van der Waals surface area (Å²) in [4.78, 5) is 69.6. The Labute approximate surface area is 310 Å². The third-order valence-electron chi connectivity index (χ3n) is 8.50. The van der Waals surface area contributed by atoms with E-state index in [0.717, 1.165) is 48.8 Å². The molecular weight excluding hydrogens is 660 g/mol. The van der Waals surface area contributed by atoms with Crippen molar-refractivity contribution in [1.82, 2.24) is 15.5 Å². The molecule has 11 heteroatoms. The second-order valence-corrected chi connectivity index (χ2v) is 15.5. The highest BCUT2D eigenvalue weighted by Crippen LogP contribution is 2.29. The van der Waals surface area contributed by atoms with Crippen LogP contribution >= 0.6 is 0 Å². The molecule has 4 amide bonds. The normalized spacial score (nSPS) is 13.3. The van der Waals surface area contributed by atoms with Gasteiger partial charge in [-0.15, -0.1) is 0 Å². The number of amides is 4. The molecule has 0 saturated carbocycles. The number of nitrogens with one attached hydrogen (secondary N) is 2. The van der Waals surface area contributed by atoms with Crippen LogP contribution in [0.15, 0.2) is 48.5 Å². The molecule has 0 aliphatic heterocycles. The van der Waals surface area contributed by atoms with Crippen molar-refractivity contribution in [3.05, 3.63) is 70.8 Å². The van der Waals surface area contributed by atoms with Gasteiger partial charge < -0.3 is 30.7 Å². The summed E-state index contributed by atoms with van der Waals surface area (Å²) in [6.07, 6.45) is 4.61. The maximum Gasteiger partial charge on any atom is 0.408 e. The highest BCUT2D eigenvalue weighted by molar-refractivity contribution is 5.94. The fraction of sp³-hybridized carbons (Fsp3) is 0.585. The van der Waals surface area contributed by atoms with Crippen LogP contribution in [0.3, 0.4) is 0 Å². The molecule has 3 unspecified atom stereocenters. The van der Waals surface area contributed by atoms with Crippen LogP contribution in [0.4, 0.5) is 4.79 Å². The fourth-order valence-corrected chi connectivity index (χ4v) is 5.81. The summed E-state index contributed by atoms with van der Waals surface area (Å²) in [5.74, 6) is -2.40. The molecule has 2 aromatic rings. The number of carbonyl (C=O) groups is 5. The Morgan fingerprint density at radius 1 is 0.769 bits per heavy atom. The van der Waals surface area contributed by atoms with E-state index in [2.05, 4.69) is 17.6 Å². The first-order chi connectivity index (χ1) is 24.3. The van der Waals surface area contributed by atoms with Crippen molar-refractivity contribution in [3.63, 3.8) is 0 Å². The van der Waals surface area contributed by atoms with E-state index in [0.29, 0.717) is 12.0 Å². The van der Waals surface area contributed by atoms with Gasteiger partial charge in [0.15, 0.2) is 0 Å². The highest BCUT2D eigenvalue weighted by Gasteiger charge is 2.39. The molecule has 0 aliphatic rings. The molecule has 0 spiro atoms. The van der Waals surface area contributed by atoms with Crippen LogP contribution in [0.5, 0.6) is 0 Å². The summed E-state index contributed by atoms with van der Waals surface area (Å²) in [6.45, 7) is 16.5. The van der Waals surface area contributed by atoms with E-state index in [4.69, 9.17) is 15.2 Å². The first kappa shape index (κ1) is 43.8. The van der Waals surface area contributed by atoms with Crippen LogP contribution in [0.2, 0.25) is 0 Å². The maximum absolute atomic E-state index is 14.8. The van der Waals surface area contributed by atoms with Crippen LogP contribution in [0, 0.1) is 13.8 Å². The Morgan fingerprint density at radius 2 is 1.38 bits per heavy atom. The van der Waals surface area contributed by atoms with Gasteiger partial charge in [0.25, 0.3) is 0 Å². The molecule has 52 heavy (non-hydrogen) atoms. The maximum atomic E-state index is 14.8. The number of carbonyl (C=O) groups excluding carboxylic acids is 5. The van der Waals surface area contributed by atoms with E-state index in [1.807, 2.05) is 56.3 Å². The number of aryl methyl sites for hydroxylation is 1. The monoisotopic (exact) mass is 722 g/mol. The number of unbranched alkanes of at least 4 members (excludes halogenated alkanes) is 5. The lowest BCUT2D eigenvalue weighted by Crippen LogP contribution is -2.55. The zero-order valence-corrected chi connectivity index (χ0v) is 32.8. The third-order valence-corrected chi connectivity index (χ3v) is 8.50. The van der Waals surface area contributed by atoms with Gasteiger partial charge in [0.2, 0.25) is 17.7 Å². The van der Waals surface area contributed by atoms with E-state index in [-0.39, 0.29) is 25.8 Å². The van der Waals surface area contributed by atoms with Crippen molar-refractivity contribution in [2.75, 3.05) is 6.54 Å². The van der Waals surface area contributed by atoms with Gasteiger partial charge in [0.1, 0.15) is 29.3 Å². The summed E-state index contributed by atoms with van der Waals surface area (Å²) < 4.78 is 11.2. The van der Waals surface area contributed by atoms with E-state index in [1.165, 1.54) is 4.90 Å². The van der Waals surface area contributed by atoms with Crippen molar-refractivity contribution in [1.29, 1.82) is 0 Å². The van der Waals surface area contributed by atoms with Crippen LogP contribution in [-0.4, -0.2) is 64.5 Å². The predicted octanol–water partition coefficient (Wildman–Crippen LogP) is 6.76. The molecule has 288 valence electrons. The van der Waals surface area contributed by atoms with Gasteiger partial charge in [-0.2, -0.15) is 0 Å². The lowest BCUT2D eigenvalue weighted by atomic mass is 9.94. The van der Waals surface area contributed by atoms with Crippen molar-refractivity contribution in [3.8, 4) is 0 Å². The van der Waals surface area contributed by atoms with Gasteiger partial charge in [0, 0.05) is 19.4 Å². The molecular formula is C41H62N4O7. The van der Waals surface area contributed by atoms with Crippen molar-refractivity contribution < 1.29 is 33.4 Å². The first-order valence-electron chi connectivity index (χ1n) is 18.5. The average molecular weight is 723 g/mol. The van der Waals surface area contributed by atoms with E-state index in [1.54, 1.807) is 47.6 Å². The summed E-state index contributed by atoms with van der Waals surface area (Å²) in [7, 11) is 0. The Morgan fingerprint density at radius 3 is 1.98 bits per heavy atom. The Balaban J connectivity index is 2.70. The largest absolute Gasteiger partial charge is 0.458 e. The van der Waals surface area contributed by atoms with E-state index < -0.39 is 59.1 Å². The number of nitrogens with zero attached hydrogens (tertiary/aromatic N) is 1. The highest BCUT2D eigenvalue weighted by atomic mass is 16.6. The molecule has 2 rings (SSSR count). The van der Waals surface area contributed by atoms with Crippen molar-refractivity contribution in [2.45, 2.75) is 149 Å². The van der Waals surface area contributed by atoms with Crippen molar-refractivity contribution >= 4 is 29.8 Å². The molecule has 0 radical (unpaired) electrons. The molecule has 0 saturated heterocycles. The zero-order chi connectivity index (χ0) is 39.1. The number of hydrogen-bond acceptors (Lipinski definition) is 7. The standard InChI is InChI=1S/C41H62N4O7/c1-10-11-12-13-14-18-26-45(37(48)32(24-25-34(42)46)44-39(50)52-41(7,8)9)35(31-23-19-20-28(2)29(31)3)36(47)43-33(38(49)51-40(4,5)6)27-30-21-16-15-17-22-30/h15-17,19-23,32-33,35H,10-14,18,24-27H2,1-9H3,(H2,42,46)(H,43,47)(H,44,50). The van der Waals surface area contributed by atoms with Gasteiger partial charge in [0.05, 0.1) is 0 Å². The topological polar surface area (TPSA) is 157 Å². The minimum Gasteiger partial charge on any atom is -0.458 e. The summed E-state index contributed by atoms with van der Waals surface area (Å²) in [5.41, 5.74) is 6.93. The van der Waals surface area contributed by atoms with Crippen LogP contribution in [0.25, 0.3) is 0 Å². The quantitative estimate of drug-likeness (QED) is 0.107. The van der Waals surface area contributed by atoms with Gasteiger partial charge >= 0.3 is 12.1 Å². The van der Waals surface area contributed by atoms with E-state index in [9.17, 15) is 24.0 Å². The number of esters is 1. The number of primary amides is 1. The third kappa shape index (κ3) is 15.5. The number of hydrogen-bond donors (Lipinski definition) is 3. The fourth-order valence-electron chi connectivity index (χ4n) is 5.81. The average Bonchev–Trinajstić information content (AvgIpc) is 3.04. The van der Waals surface area contributed by atoms with Crippen LogP contribution in [0.1, 0.15) is 128 Å². The minimum atomic E-state index is -1.23. The van der Waals surface area contributed by atoms with Crippen LogP contribution in [-0.2, 0) is 35.1 Å². The molecule has 3 atom stereocenters. The lowest BCUT2D eigenvalue weighted by Gasteiger charge is -2.36. The number of nitrogens with two attached hydrogens (primary N) is 1. The molecule has 2 aromatic carbocycles. The lowest BCUT2D eigenvalue weighted by molar-refractivity contribution is -0.159. The molecule has 0 fully saturated rings. The molecule has 0 aliphatic carbocycles. The second-order valence-electron chi connectivity index (χ2n) is 15.5. The summed E-state index contributed by atoms with van der Waals surface area (Å²) >= 11 is 0. The zero-order valence-electron chi connectivity index (χ0n) is 32.8. The van der Waals surface area contributed by atoms with Gasteiger partial charge in [-0.25, -0.2) is 9.59 Å². The molecule has 0 heterocycles. The Kier molecular flexibility index (Phi) is 17.3. The number of ether oxygens (including phenoxy) is 2. The predicted molar refractivity (Wildman–Crippen MR) is 203 cm³/mol. The van der Waals surface area contributed by atoms with Gasteiger partial charge in [-0.1, -0.05) is 87.6 Å². The molecule has 11 nitrogen and oxygen atoms in total. The first-order valence-corrected chi connectivity index (χ1v) is 18.5. The summed E-state index contributed by atoms with van der Waals surface area (Å²) in [5, 5.41) is 5.60. The number of alkyl carbamates (subject to hydrolysis) is 1. The second kappa shape index (κ2) is 20.6. The van der Waals surface area contributed by atoms with Gasteiger partial charge in [-0.3, -0.25) is 14.4 Å². The number of rotatable bonds is 19. The van der Waals surface area contributed by atoms with Crippen LogP contribution < -0.4 is 16.4 Å². The smallest absolute Gasteiger partial charge is 0.408 e. The summed E-state index contributed by atoms with van der Waals surface area (Å²) in [6, 6.07) is 11.4. The Hall–Kier alpha value is -4.41. The molecule has 0 aromatic heterocycles. The molecule has 0 bridgehead atoms.